The maximum atomic E-state index is 13.7. The Kier molecular flexibility index (Phi) is 10.1. The van der Waals surface area contributed by atoms with E-state index >= 15 is 0 Å². The molecule has 2 aliphatic heterocycles. The highest BCUT2D eigenvalue weighted by molar-refractivity contribution is 5.90. The lowest BCUT2D eigenvalue weighted by Gasteiger charge is -2.39. The molecule has 3 aromatic rings. The molecule has 0 spiro atoms. The zero-order valence-corrected chi connectivity index (χ0v) is 25.8. The van der Waals surface area contributed by atoms with Crippen molar-refractivity contribution < 1.29 is 40.6 Å². The Morgan fingerprint density at radius 3 is 2.30 bits per heavy atom. The molecular formula is C31H35F6N7O3. The van der Waals surface area contributed by atoms with E-state index in [0.29, 0.717) is 74.0 Å². The molecule has 3 N–H and O–H groups in total. The molecule has 0 aliphatic carbocycles. The van der Waals surface area contributed by atoms with Gasteiger partial charge in [-0.2, -0.15) is 26.3 Å². The van der Waals surface area contributed by atoms with Gasteiger partial charge in [0, 0.05) is 32.1 Å². The number of pyridine rings is 1. The molecule has 1 amide bonds. The number of carbonyl (C=O) groups excluding carboxylic acids is 1. The van der Waals surface area contributed by atoms with Crippen LogP contribution in [0.4, 0.5) is 48.5 Å². The lowest BCUT2D eigenvalue weighted by atomic mass is 9.93. The van der Waals surface area contributed by atoms with Gasteiger partial charge in [0.25, 0.3) is 0 Å². The minimum atomic E-state index is -4.99. The van der Waals surface area contributed by atoms with Gasteiger partial charge in [-0.3, -0.25) is 9.88 Å². The van der Waals surface area contributed by atoms with Crippen LogP contribution in [0.3, 0.4) is 0 Å². The molecule has 4 heterocycles. The predicted octanol–water partition coefficient (Wildman–Crippen LogP) is 6.09. The summed E-state index contributed by atoms with van der Waals surface area (Å²) in [7, 11) is 0. The zero-order chi connectivity index (χ0) is 33.9. The van der Waals surface area contributed by atoms with E-state index in [9.17, 15) is 31.1 Å². The molecule has 10 nitrogen and oxygen atoms in total. The molecule has 254 valence electrons. The van der Waals surface area contributed by atoms with Gasteiger partial charge in [-0.05, 0) is 55.7 Å². The Balaban J connectivity index is 1.55. The van der Waals surface area contributed by atoms with Crippen molar-refractivity contribution in [2.75, 3.05) is 48.0 Å². The third-order valence-corrected chi connectivity index (χ3v) is 8.09. The number of nitrogens with zero attached hydrogens (tertiary/aromatic N) is 5. The number of ether oxygens (including phenoxy) is 2. The molecule has 1 saturated heterocycles. The average Bonchev–Trinajstić information content (AvgIpc) is 3.04. The molecule has 2 aromatic heterocycles. The van der Waals surface area contributed by atoms with Crippen LogP contribution in [-0.2, 0) is 34.8 Å². The summed E-state index contributed by atoms with van der Waals surface area (Å²) in [6, 6.07) is 4.18. The predicted molar refractivity (Wildman–Crippen MR) is 161 cm³/mol. The Hall–Kier alpha value is -4.18. The summed E-state index contributed by atoms with van der Waals surface area (Å²) in [5, 5.41) is 3.26. The van der Waals surface area contributed by atoms with Gasteiger partial charge in [-0.1, -0.05) is 6.92 Å². The number of carbonyl (C=O) groups is 1. The molecule has 1 aromatic carbocycles. The summed E-state index contributed by atoms with van der Waals surface area (Å²) < 4.78 is 92.7. The van der Waals surface area contributed by atoms with Crippen LogP contribution in [0, 0.1) is 0 Å². The van der Waals surface area contributed by atoms with E-state index in [-0.39, 0.29) is 48.9 Å². The van der Waals surface area contributed by atoms with Crippen LogP contribution in [0.1, 0.15) is 66.5 Å². The topological polar surface area (TPSA) is 119 Å². The molecule has 0 saturated carbocycles. The van der Waals surface area contributed by atoms with Gasteiger partial charge < -0.3 is 25.4 Å². The largest absolute Gasteiger partial charge is 0.449 e. The van der Waals surface area contributed by atoms with Crippen LogP contribution in [0.5, 0.6) is 0 Å². The van der Waals surface area contributed by atoms with Gasteiger partial charge in [0.05, 0.1) is 71.6 Å². The van der Waals surface area contributed by atoms with E-state index in [1.165, 1.54) is 6.20 Å². The van der Waals surface area contributed by atoms with Crippen molar-refractivity contribution in [2.24, 2.45) is 5.73 Å². The number of hydrogen-bond donors (Lipinski definition) is 2. The highest BCUT2D eigenvalue weighted by atomic mass is 19.4. The number of anilines is 3. The van der Waals surface area contributed by atoms with Gasteiger partial charge in [0.2, 0.25) is 5.95 Å². The second-order valence-corrected chi connectivity index (χ2v) is 11.2. The first-order valence-corrected chi connectivity index (χ1v) is 15.2. The number of fused-ring (bicyclic) bond motifs is 1. The summed E-state index contributed by atoms with van der Waals surface area (Å²) in [5.74, 6) is 0.0929. The maximum Gasteiger partial charge on any atom is 0.416 e. The van der Waals surface area contributed by atoms with E-state index in [4.69, 9.17) is 15.2 Å². The Bertz CT molecular complexity index is 1550. The summed E-state index contributed by atoms with van der Waals surface area (Å²) in [6.07, 6.45) is -8.36. The summed E-state index contributed by atoms with van der Waals surface area (Å²) in [6.45, 7) is 5.59. The molecule has 2 atom stereocenters. The number of nitrogens with two attached hydrogens (primary N) is 1. The Labute approximate surface area is 267 Å². The maximum absolute atomic E-state index is 13.7. The number of halogens is 6. The lowest BCUT2D eigenvalue weighted by Crippen LogP contribution is -2.46. The van der Waals surface area contributed by atoms with Gasteiger partial charge in [0.1, 0.15) is 0 Å². The second kappa shape index (κ2) is 13.9. The number of amides is 1. The van der Waals surface area contributed by atoms with Crippen LogP contribution < -0.4 is 20.9 Å². The molecule has 0 radical (unpaired) electrons. The van der Waals surface area contributed by atoms with Crippen molar-refractivity contribution in [1.29, 1.82) is 0 Å². The van der Waals surface area contributed by atoms with Gasteiger partial charge in [-0.25, -0.2) is 14.8 Å². The minimum Gasteiger partial charge on any atom is -0.449 e. The molecule has 1 fully saturated rings. The first-order chi connectivity index (χ1) is 22.3. The van der Waals surface area contributed by atoms with E-state index in [2.05, 4.69) is 20.3 Å². The number of morpholine rings is 1. The molecule has 47 heavy (non-hydrogen) atoms. The van der Waals surface area contributed by atoms with E-state index in [1.54, 1.807) is 24.0 Å². The number of aromatic nitrogens is 3. The number of nitrogens with one attached hydrogen (secondary N) is 1. The fourth-order valence-corrected chi connectivity index (χ4v) is 5.84. The first-order valence-electron chi connectivity index (χ1n) is 15.2. The lowest BCUT2D eigenvalue weighted by molar-refractivity contribution is -0.143. The highest BCUT2D eigenvalue weighted by Crippen LogP contribution is 2.40. The number of rotatable bonds is 8. The van der Waals surface area contributed by atoms with Crippen molar-refractivity contribution in [3.05, 3.63) is 70.3 Å². The molecular weight excluding hydrogens is 632 g/mol. The summed E-state index contributed by atoms with van der Waals surface area (Å²) in [5.41, 5.74) is 5.15. The van der Waals surface area contributed by atoms with Crippen LogP contribution >= 0.6 is 0 Å². The molecule has 2 aliphatic rings. The Morgan fingerprint density at radius 2 is 1.70 bits per heavy atom. The van der Waals surface area contributed by atoms with E-state index in [1.807, 2.05) is 11.8 Å². The molecule has 5 rings (SSSR count). The van der Waals surface area contributed by atoms with Crippen molar-refractivity contribution >= 4 is 23.4 Å². The van der Waals surface area contributed by atoms with Crippen molar-refractivity contribution in [3.8, 4) is 0 Å². The summed E-state index contributed by atoms with van der Waals surface area (Å²) in [4.78, 5) is 30.3. The number of alkyl halides is 6. The molecule has 16 heteroatoms. The van der Waals surface area contributed by atoms with Crippen LogP contribution in [0.15, 0.2) is 36.5 Å². The fourth-order valence-electron chi connectivity index (χ4n) is 5.84. The standard InChI is InChI=1S/C31H35F6N7O3/c1-3-22-15-24(27-25(6-5-21(16-38)40-27)44(22)29(45)47-4-2)42-28-39-17-26(43-7-9-46-10-8-43)23(41-28)13-18-11-19(30(32,33)34)14-20(12-18)31(35,36)37/h5-6,11-12,14,17,22,24H,3-4,7-10,13,15-16,38H2,1-2H3,(H,39,41,42)/t22-,24+/m1/s1. The van der Waals surface area contributed by atoms with Crippen molar-refractivity contribution in [3.63, 3.8) is 0 Å². The minimum absolute atomic E-state index is 0.0929. The fraction of sp³-hybridized carbons (Fsp3) is 0.484. The van der Waals surface area contributed by atoms with Crippen molar-refractivity contribution in [2.45, 2.75) is 64.1 Å². The van der Waals surface area contributed by atoms with Crippen LogP contribution in [0.25, 0.3) is 0 Å². The smallest absolute Gasteiger partial charge is 0.416 e. The first kappa shape index (κ1) is 34.2. The second-order valence-electron chi connectivity index (χ2n) is 11.2. The van der Waals surface area contributed by atoms with E-state index < -0.39 is 35.6 Å². The summed E-state index contributed by atoms with van der Waals surface area (Å²) >= 11 is 0. The van der Waals surface area contributed by atoms with Crippen LogP contribution in [0.2, 0.25) is 0 Å². The molecule has 0 bridgehead atoms. The third-order valence-electron chi connectivity index (χ3n) is 8.09. The highest BCUT2D eigenvalue weighted by Gasteiger charge is 2.39. The van der Waals surface area contributed by atoms with Gasteiger partial charge in [0.15, 0.2) is 0 Å². The van der Waals surface area contributed by atoms with Gasteiger partial charge >= 0.3 is 18.4 Å². The molecule has 0 unspecified atom stereocenters. The average molecular weight is 668 g/mol. The Morgan fingerprint density at radius 1 is 1.02 bits per heavy atom. The normalized spacial score (nSPS) is 18.6. The van der Waals surface area contributed by atoms with E-state index in [0.717, 1.165) is 0 Å². The van der Waals surface area contributed by atoms with Crippen molar-refractivity contribution in [1.82, 2.24) is 15.0 Å². The number of benzene rings is 1. The third kappa shape index (κ3) is 7.70. The van der Waals surface area contributed by atoms with Crippen LogP contribution in [-0.4, -0.2) is 60.0 Å². The quantitative estimate of drug-likeness (QED) is 0.275. The van der Waals surface area contributed by atoms with Gasteiger partial charge in [-0.15, -0.1) is 0 Å². The SMILES string of the molecule is CCOC(=O)N1c2ccc(CN)nc2[C@@H](Nc2ncc(N3CCOCC3)c(Cc3cc(C(F)(F)F)cc(C(F)(F)F)c3)n2)C[C@H]1CC. The number of hydrogen-bond acceptors (Lipinski definition) is 9. The zero-order valence-electron chi connectivity index (χ0n) is 25.8. The monoisotopic (exact) mass is 667 g/mol.